The van der Waals surface area contributed by atoms with Crippen LogP contribution in [0.4, 0.5) is 5.69 Å². The van der Waals surface area contributed by atoms with Gasteiger partial charge in [-0.25, -0.2) is 0 Å². The van der Waals surface area contributed by atoms with Gasteiger partial charge in [0.05, 0.1) is 6.04 Å². The fourth-order valence-corrected chi connectivity index (χ4v) is 2.23. The Labute approximate surface area is 131 Å². The first-order valence-corrected chi connectivity index (χ1v) is 7.44. The van der Waals surface area contributed by atoms with Crippen molar-refractivity contribution in [2.24, 2.45) is 5.73 Å². The van der Waals surface area contributed by atoms with E-state index >= 15 is 0 Å². The monoisotopic (exact) mass is 297 g/mol. The van der Waals surface area contributed by atoms with Crippen LogP contribution in [0.1, 0.15) is 18.1 Å². The Kier molecular flexibility index (Phi) is 5.69. The standard InChI is InChI=1S/C18H23N3O/c1-14(21(2)13-15-7-4-3-5-8-15)18(22)20-17-10-6-9-16(11-17)12-19/h3-11,14H,12-13,19H2,1-2H3,(H,20,22). The lowest BCUT2D eigenvalue weighted by Gasteiger charge is -2.24. The van der Waals surface area contributed by atoms with Crippen LogP contribution in [0.5, 0.6) is 0 Å². The van der Waals surface area contributed by atoms with Crippen molar-refractivity contribution in [2.75, 3.05) is 12.4 Å². The Morgan fingerprint density at radius 3 is 2.50 bits per heavy atom. The number of carbonyl (C=O) groups excluding carboxylic acids is 1. The molecule has 1 unspecified atom stereocenters. The third-order valence-electron chi connectivity index (χ3n) is 3.75. The van der Waals surface area contributed by atoms with E-state index in [1.54, 1.807) is 0 Å². The van der Waals surface area contributed by atoms with E-state index in [2.05, 4.69) is 17.4 Å². The number of hydrogen-bond donors (Lipinski definition) is 2. The predicted octanol–water partition coefficient (Wildman–Crippen LogP) is 2.60. The largest absolute Gasteiger partial charge is 0.326 e. The minimum atomic E-state index is -0.221. The first-order chi connectivity index (χ1) is 10.6. The smallest absolute Gasteiger partial charge is 0.241 e. The van der Waals surface area contributed by atoms with E-state index in [9.17, 15) is 4.79 Å². The number of nitrogens with two attached hydrogens (primary N) is 1. The van der Waals surface area contributed by atoms with Crippen LogP contribution in [0, 0.1) is 0 Å². The molecule has 2 aromatic carbocycles. The maximum atomic E-state index is 12.4. The molecular formula is C18H23N3O. The molecule has 0 aromatic heterocycles. The van der Waals surface area contributed by atoms with Crippen LogP contribution < -0.4 is 11.1 Å². The zero-order valence-corrected chi connectivity index (χ0v) is 13.1. The van der Waals surface area contributed by atoms with Crippen LogP contribution in [0.2, 0.25) is 0 Å². The zero-order valence-electron chi connectivity index (χ0n) is 13.1. The number of nitrogens with one attached hydrogen (secondary N) is 1. The third kappa shape index (κ3) is 4.41. The molecule has 22 heavy (non-hydrogen) atoms. The highest BCUT2D eigenvalue weighted by molar-refractivity contribution is 5.94. The lowest BCUT2D eigenvalue weighted by molar-refractivity contribution is -0.120. The van der Waals surface area contributed by atoms with E-state index in [0.29, 0.717) is 6.54 Å². The molecule has 0 radical (unpaired) electrons. The molecule has 3 N–H and O–H groups in total. The summed E-state index contributed by atoms with van der Waals surface area (Å²) in [5.74, 6) is -0.0207. The van der Waals surface area contributed by atoms with Crippen LogP contribution in [0.3, 0.4) is 0 Å². The summed E-state index contributed by atoms with van der Waals surface area (Å²) in [6.45, 7) is 3.11. The second kappa shape index (κ2) is 7.73. The summed E-state index contributed by atoms with van der Waals surface area (Å²) in [6, 6.07) is 17.5. The second-order valence-corrected chi connectivity index (χ2v) is 5.47. The lowest BCUT2D eigenvalue weighted by atomic mass is 10.1. The summed E-state index contributed by atoms with van der Waals surface area (Å²) < 4.78 is 0. The summed E-state index contributed by atoms with van der Waals surface area (Å²) in [6.07, 6.45) is 0. The molecule has 4 nitrogen and oxygen atoms in total. The van der Waals surface area contributed by atoms with Gasteiger partial charge >= 0.3 is 0 Å². The maximum Gasteiger partial charge on any atom is 0.241 e. The molecule has 2 aromatic rings. The maximum absolute atomic E-state index is 12.4. The average molecular weight is 297 g/mol. The molecule has 0 aliphatic carbocycles. The molecule has 4 heteroatoms. The van der Waals surface area contributed by atoms with E-state index in [1.165, 1.54) is 5.56 Å². The van der Waals surface area contributed by atoms with Crippen LogP contribution in [0.25, 0.3) is 0 Å². The molecule has 0 aliphatic rings. The topological polar surface area (TPSA) is 58.4 Å². The van der Waals surface area contributed by atoms with Gasteiger partial charge < -0.3 is 11.1 Å². The SMILES string of the molecule is CC(C(=O)Nc1cccc(CN)c1)N(C)Cc1ccccc1. The van der Waals surface area contributed by atoms with Crippen LogP contribution >= 0.6 is 0 Å². The molecule has 1 atom stereocenters. The van der Waals surface area contributed by atoms with Crippen LogP contribution in [-0.4, -0.2) is 23.9 Å². The van der Waals surface area contributed by atoms with Crippen molar-refractivity contribution in [3.05, 3.63) is 65.7 Å². The number of rotatable bonds is 6. The van der Waals surface area contributed by atoms with Gasteiger partial charge in [0.2, 0.25) is 5.91 Å². The normalized spacial score (nSPS) is 12.2. The minimum absolute atomic E-state index is 0.0207. The molecular weight excluding hydrogens is 274 g/mol. The Morgan fingerprint density at radius 1 is 1.14 bits per heavy atom. The first-order valence-electron chi connectivity index (χ1n) is 7.44. The molecule has 0 saturated carbocycles. The van der Waals surface area contributed by atoms with Gasteiger partial charge in [0.25, 0.3) is 0 Å². The molecule has 0 spiro atoms. The summed E-state index contributed by atoms with van der Waals surface area (Å²) in [5.41, 5.74) is 8.60. The van der Waals surface area contributed by atoms with Crippen molar-refractivity contribution >= 4 is 11.6 Å². The molecule has 0 saturated heterocycles. The zero-order chi connectivity index (χ0) is 15.9. The molecule has 0 fully saturated rings. The third-order valence-corrected chi connectivity index (χ3v) is 3.75. The van der Waals surface area contributed by atoms with E-state index in [1.807, 2.05) is 61.3 Å². The van der Waals surface area contributed by atoms with Crippen molar-refractivity contribution in [3.63, 3.8) is 0 Å². The summed E-state index contributed by atoms with van der Waals surface area (Å²) in [5, 5.41) is 2.95. The molecule has 1 amide bonds. The quantitative estimate of drug-likeness (QED) is 0.861. The van der Waals surface area contributed by atoms with Crippen molar-refractivity contribution in [3.8, 4) is 0 Å². The first kappa shape index (κ1) is 16.2. The second-order valence-electron chi connectivity index (χ2n) is 5.47. The number of hydrogen-bond acceptors (Lipinski definition) is 3. The van der Waals surface area contributed by atoms with Crippen LogP contribution in [0.15, 0.2) is 54.6 Å². The van der Waals surface area contributed by atoms with Crippen molar-refractivity contribution < 1.29 is 4.79 Å². The van der Waals surface area contributed by atoms with Crippen LogP contribution in [-0.2, 0) is 17.9 Å². The number of nitrogens with zero attached hydrogens (tertiary/aromatic N) is 1. The van der Waals surface area contributed by atoms with Gasteiger partial charge in [-0.05, 0) is 37.2 Å². The van der Waals surface area contributed by atoms with E-state index < -0.39 is 0 Å². The van der Waals surface area contributed by atoms with Gasteiger partial charge in [0.15, 0.2) is 0 Å². The summed E-state index contributed by atoms with van der Waals surface area (Å²) in [7, 11) is 1.95. The fourth-order valence-electron chi connectivity index (χ4n) is 2.23. The molecule has 0 bridgehead atoms. The number of benzene rings is 2. The molecule has 116 valence electrons. The Hall–Kier alpha value is -2.17. The van der Waals surface area contributed by atoms with E-state index in [4.69, 9.17) is 5.73 Å². The highest BCUT2D eigenvalue weighted by Gasteiger charge is 2.18. The van der Waals surface area contributed by atoms with Gasteiger partial charge in [0.1, 0.15) is 0 Å². The molecule has 0 heterocycles. The van der Waals surface area contributed by atoms with Gasteiger partial charge in [-0.3, -0.25) is 9.69 Å². The Bertz CT molecular complexity index is 613. The van der Waals surface area contributed by atoms with Crippen molar-refractivity contribution in [2.45, 2.75) is 26.1 Å². The number of anilines is 1. The lowest BCUT2D eigenvalue weighted by Crippen LogP contribution is -2.39. The van der Waals surface area contributed by atoms with E-state index in [0.717, 1.165) is 17.8 Å². The van der Waals surface area contributed by atoms with Gasteiger partial charge in [0, 0.05) is 18.8 Å². The fraction of sp³-hybridized carbons (Fsp3) is 0.278. The number of carbonyl (C=O) groups is 1. The average Bonchev–Trinajstić information content (AvgIpc) is 2.55. The molecule has 2 rings (SSSR count). The van der Waals surface area contributed by atoms with Gasteiger partial charge in [-0.15, -0.1) is 0 Å². The summed E-state index contributed by atoms with van der Waals surface area (Å²) in [4.78, 5) is 14.4. The predicted molar refractivity (Wildman–Crippen MR) is 90.3 cm³/mol. The Balaban J connectivity index is 1.96. The van der Waals surface area contributed by atoms with Crippen molar-refractivity contribution in [1.82, 2.24) is 4.90 Å². The minimum Gasteiger partial charge on any atom is -0.326 e. The van der Waals surface area contributed by atoms with Crippen molar-refractivity contribution in [1.29, 1.82) is 0 Å². The highest BCUT2D eigenvalue weighted by atomic mass is 16.2. The summed E-state index contributed by atoms with van der Waals surface area (Å²) >= 11 is 0. The molecule has 0 aliphatic heterocycles. The highest BCUT2D eigenvalue weighted by Crippen LogP contribution is 2.12. The number of likely N-dealkylation sites (N-methyl/N-ethyl adjacent to an activating group) is 1. The van der Waals surface area contributed by atoms with Gasteiger partial charge in [-0.2, -0.15) is 0 Å². The number of amides is 1. The van der Waals surface area contributed by atoms with Gasteiger partial charge in [-0.1, -0.05) is 42.5 Å². The Morgan fingerprint density at radius 2 is 1.82 bits per heavy atom. The van der Waals surface area contributed by atoms with E-state index in [-0.39, 0.29) is 11.9 Å².